The summed E-state index contributed by atoms with van der Waals surface area (Å²) in [5.74, 6) is 0. The Morgan fingerprint density at radius 3 is 1.49 bits per heavy atom. The highest BCUT2D eigenvalue weighted by Crippen LogP contribution is 2.36. The molecule has 0 saturated heterocycles. The number of pyridine rings is 1. The van der Waals surface area contributed by atoms with Crippen molar-refractivity contribution in [3.05, 3.63) is 109 Å². The van der Waals surface area contributed by atoms with Gasteiger partial charge in [-0.05, 0) is 41.4 Å². The van der Waals surface area contributed by atoms with Crippen molar-refractivity contribution < 1.29 is 0 Å². The predicted octanol–water partition coefficient (Wildman–Crippen LogP) is 4.85. The molecule has 0 aliphatic carbocycles. The van der Waals surface area contributed by atoms with Gasteiger partial charge in [0.1, 0.15) is 12.7 Å². The van der Waals surface area contributed by atoms with Crippen molar-refractivity contribution in [3.8, 4) is 33.6 Å². The first-order valence-corrected chi connectivity index (χ1v) is 13.3. The highest BCUT2D eigenvalue weighted by molar-refractivity contribution is 7.00. The Hall–Kier alpha value is -4.97. The fourth-order valence-corrected chi connectivity index (χ4v) is 7.03. The smallest absolute Gasteiger partial charge is 0.252 e. The number of aryl methyl sites for hydroxylation is 2. The molecule has 0 amide bonds. The first-order chi connectivity index (χ1) is 19.2. The summed E-state index contributed by atoms with van der Waals surface area (Å²) in [6, 6.07) is 30.2. The van der Waals surface area contributed by atoms with Gasteiger partial charge < -0.3 is 0 Å². The topological polar surface area (TPSA) is 48.5 Å². The van der Waals surface area contributed by atoms with Crippen LogP contribution >= 0.6 is 0 Å². The van der Waals surface area contributed by atoms with Gasteiger partial charge in [0.15, 0.2) is 0 Å². The van der Waals surface area contributed by atoms with Crippen LogP contribution in [0.5, 0.6) is 0 Å². The summed E-state index contributed by atoms with van der Waals surface area (Å²) in [5.41, 5.74) is 17.2. The fourth-order valence-electron chi connectivity index (χ4n) is 7.03. The molecule has 0 spiro atoms. The first-order valence-electron chi connectivity index (χ1n) is 13.3. The third-order valence-electron chi connectivity index (χ3n) is 8.54. The summed E-state index contributed by atoms with van der Waals surface area (Å²) in [6.45, 7) is 4.31. The molecule has 2 aliphatic rings. The molecule has 2 aliphatic heterocycles. The van der Waals surface area contributed by atoms with Gasteiger partial charge in [-0.25, -0.2) is 9.97 Å². The maximum absolute atomic E-state index is 5.07. The SMILES string of the molecule is Cc1nc(C)c2c3c1-n1cnc4c(-c5ccccc5)ccc(c41)B3c1ccc(-c3ccccc3)c3ncn-2c13. The van der Waals surface area contributed by atoms with Gasteiger partial charge in [0.25, 0.3) is 6.71 Å². The maximum Gasteiger partial charge on any atom is 0.252 e. The lowest BCUT2D eigenvalue weighted by molar-refractivity contribution is 0.978. The molecule has 0 atom stereocenters. The molecule has 182 valence electrons. The highest BCUT2D eigenvalue weighted by Gasteiger charge is 2.42. The monoisotopic (exact) mass is 499 g/mol. The lowest BCUT2D eigenvalue weighted by Gasteiger charge is -2.34. The number of aromatic nitrogens is 5. The fraction of sp³-hybridized carbons (Fsp3) is 0.0606. The predicted molar refractivity (Wildman–Crippen MR) is 158 cm³/mol. The van der Waals surface area contributed by atoms with E-state index in [1.807, 2.05) is 12.7 Å². The molecule has 39 heavy (non-hydrogen) atoms. The third-order valence-corrected chi connectivity index (χ3v) is 8.54. The molecular formula is C33H22BN5. The highest BCUT2D eigenvalue weighted by atomic mass is 15.1. The van der Waals surface area contributed by atoms with Crippen molar-refractivity contribution >= 4 is 45.2 Å². The van der Waals surface area contributed by atoms with Crippen molar-refractivity contribution in [2.75, 3.05) is 0 Å². The number of hydrogen-bond acceptors (Lipinski definition) is 3. The molecule has 7 aromatic rings. The van der Waals surface area contributed by atoms with E-state index in [0.717, 1.165) is 44.9 Å². The molecule has 4 aromatic carbocycles. The third kappa shape index (κ3) is 2.58. The molecular weight excluding hydrogens is 477 g/mol. The zero-order valence-corrected chi connectivity index (χ0v) is 21.6. The Morgan fingerprint density at radius 1 is 0.564 bits per heavy atom. The lowest BCUT2D eigenvalue weighted by atomic mass is 9.34. The molecule has 0 unspecified atom stereocenters. The van der Waals surface area contributed by atoms with Crippen molar-refractivity contribution in [1.29, 1.82) is 0 Å². The summed E-state index contributed by atoms with van der Waals surface area (Å²) in [5, 5.41) is 0. The van der Waals surface area contributed by atoms with Crippen LogP contribution in [-0.2, 0) is 0 Å². The number of nitrogens with zero attached hydrogens (tertiary/aromatic N) is 5. The quantitative estimate of drug-likeness (QED) is 0.320. The van der Waals surface area contributed by atoms with Crippen molar-refractivity contribution in [2.24, 2.45) is 0 Å². The number of fused-ring (bicyclic) bond motifs is 4. The van der Waals surface area contributed by atoms with E-state index in [4.69, 9.17) is 15.0 Å². The van der Waals surface area contributed by atoms with Gasteiger partial charge in [-0.3, -0.25) is 14.1 Å². The lowest BCUT2D eigenvalue weighted by Crippen LogP contribution is -2.60. The summed E-state index contributed by atoms with van der Waals surface area (Å²) >= 11 is 0. The summed E-state index contributed by atoms with van der Waals surface area (Å²) in [4.78, 5) is 15.1. The normalized spacial score (nSPS) is 12.8. The molecule has 5 nitrogen and oxygen atoms in total. The minimum atomic E-state index is 0.0726. The molecule has 0 radical (unpaired) electrons. The molecule has 6 heteroatoms. The van der Waals surface area contributed by atoms with Crippen LogP contribution in [0.3, 0.4) is 0 Å². The molecule has 3 aromatic heterocycles. The largest absolute Gasteiger partial charge is 0.298 e. The van der Waals surface area contributed by atoms with Crippen LogP contribution in [-0.4, -0.2) is 30.8 Å². The van der Waals surface area contributed by atoms with E-state index in [-0.39, 0.29) is 6.71 Å². The Labute approximate surface area is 225 Å². The van der Waals surface area contributed by atoms with Gasteiger partial charge >= 0.3 is 0 Å². The summed E-state index contributed by atoms with van der Waals surface area (Å²) in [6.07, 6.45) is 3.96. The van der Waals surface area contributed by atoms with Gasteiger partial charge in [0, 0.05) is 11.1 Å². The minimum absolute atomic E-state index is 0.0726. The zero-order chi connectivity index (χ0) is 25.8. The Morgan fingerprint density at radius 2 is 1.03 bits per heavy atom. The van der Waals surface area contributed by atoms with Crippen molar-refractivity contribution in [3.63, 3.8) is 0 Å². The summed E-state index contributed by atoms with van der Waals surface area (Å²) < 4.78 is 4.54. The Bertz CT molecular complexity index is 1990. The molecule has 0 bridgehead atoms. The average molecular weight is 499 g/mol. The van der Waals surface area contributed by atoms with E-state index in [1.165, 1.54) is 38.5 Å². The van der Waals surface area contributed by atoms with Gasteiger partial charge in [0.05, 0.1) is 44.8 Å². The number of rotatable bonds is 2. The van der Waals surface area contributed by atoms with Gasteiger partial charge in [-0.1, -0.05) is 84.9 Å². The van der Waals surface area contributed by atoms with Crippen LogP contribution in [0, 0.1) is 13.8 Å². The van der Waals surface area contributed by atoms with E-state index < -0.39 is 0 Å². The molecule has 5 heterocycles. The van der Waals surface area contributed by atoms with Gasteiger partial charge in [-0.2, -0.15) is 0 Å². The van der Waals surface area contributed by atoms with Crippen LogP contribution in [0.1, 0.15) is 11.4 Å². The second-order valence-corrected chi connectivity index (χ2v) is 10.6. The standard InChI is InChI=1S/C33H22BN5/c1-19-30-27-31(20(2)37-19)39-18-36-29-24(22-11-7-4-8-12-22)14-16-26(33(29)39)34(27)25-15-13-23(21-9-5-3-6-10-21)28-32(25)38(30)17-35-28/h3-18H,1-2H3. The molecule has 0 N–H and O–H groups in total. The van der Waals surface area contributed by atoms with Crippen molar-refractivity contribution in [1.82, 2.24) is 24.1 Å². The van der Waals surface area contributed by atoms with E-state index in [9.17, 15) is 0 Å². The number of benzene rings is 4. The maximum atomic E-state index is 5.07. The second kappa shape index (κ2) is 7.32. The van der Waals surface area contributed by atoms with Gasteiger partial charge in [-0.15, -0.1) is 0 Å². The number of imidazole rings is 2. The molecule has 0 fully saturated rings. The van der Waals surface area contributed by atoms with Crippen LogP contribution in [0.15, 0.2) is 97.6 Å². The summed E-state index contributed by atoms with van der Waals surface area (Å²) in [7, 11) is 0. The first kappa shape index (κ1) is 21.0. The molecule has 0 saturated carbocycles. The van der Waals surface area contributed by atoms with E-state index in [2.05, 4.69) is 108 Å². The van der Waals surface area contributed by atoms with E-state index >= 15 is 0 Å². The van der Waals surface area contributed by atoms with Gasteiger partial charge in [0.2, 0.25) is 0 Å². The van der Waals surface area contributed by atoms with Crippen LogP contribution in [0.4, 0.5) is 0 Å². The second-order valence-electron chi connectivity index (χ2n) is 10.6. The van der Waals surface area contributed by atoms with Crippen LogP contribution in [0.25, 0.3) is 55.7 Å². The number of hydrogen-bond donors (Lipinski definition) is 0. The van der Waals surface area contributed by atoms with E-state index in [0.29, 0.717) is 0 Å². The van der Waals surface area contributed by atoms with E-state index in [1.54, 1.807) is 0 Å². The minimum Gasteiger partial charge on any atom is -0.298 e. The zero-order valence-electron chi connectivity index (χ0n) is 21.6. The van der Waals surface area contributed by atoms with Crippen molar-refractivity contribution in [2.45, 2.75) is 13.8 Å². The Balaban J connectivity index is 1.42. The van der Waals surface area contributed by atoms with Crippen LogP contribution in [0.2, 0.25) is 0 Å². The van der Waals surface area contributed by atoms with Crippen LogP contribution < -0.4 is 16.4 Å². The molecule has 9 rings (SSSR count). The Kier molecular flexibility index (Phi) is 3.95. The average Bonchev–Trinajstić information content (AvgIpc) is 3.61.